The molecule has 3 aromatic rings. The highest BCUT2D eigenvalue weighted by Crippen LogP contribution is 2.50. The number of sulfonamides is 1. The Balaban J connectivity index is 1.49. The van der Waals surface area contributed by atoms with Crippen molar-refractivity contribution in [1.29, 1.82) is 0 Å². The van der Waals surface area contributed by atoms with E-state index in [1.807, 2.05) is 19.1 Å². The van der Waals surface area contributed by atoms with Crippen LogP contribution in [0.15, 0.2) is 82.2 Å². The molecule has 1 aliphatic heterocycles. The summed E-state index contributed by atoms with van der Waals surface area (Å²) in [6, 6.07) is 19.3. The standard InChI is InChI=1S/C26H25BrN2O3S/c1-16-6-13-25(32-2)24(14-16)29-33(30,31)19-11-12-23-22(15-19)20-4-3-5-21(20)26(28-23)17-7-9-18(27)10-8-17/h3-4,6-15,20-21,26,28-29H,5H2,1-2H3/t20-,21+,26+/m0/s1. The highest BCUT2D eigenvalue weighted by molar-refractivity contribution is 9.10. The van der Waals surface area contributed by atoms with E-state index in [1.54, 1.807) is 24.3 Å². The van der Waals surface area contributed by atoms with Crippen LogP contribution in [0.3, 0.4) is 0 Å². The van der Waals surface area contributed by atoms with Crippen molar-refractivity contribution in [3.63, 3.8) is 0 Å². The molecule has 2 aliphatic rings. The van der Waals surface area contributed by atoms with E-state index in [4.69, 9.17) is 4.74 Å². The molecule has 5 rings (SSSR count). The number of benzene rings is 3. The van der Waals surface area contributed by atoms with Crippen molar-refractivity contribution in [3.05, 3.63) is 94.0 Å². The van der Waals surface area contributed by atoms with Crippen molar-refractivity contribution >= 4 is 37.3 Å². The molecule has 7 heteroatoms. The number of nitrogens with one attached hydrogen (secondary N) is 2. The van der Waals surface area contributed by atoms with Gasteiger partial charge in [0.2, 0.25) is 0 Å². The summed E-state index contributed by atoms with van der Waals surface area (Å²) in [5, 5.41) is 3.67. The second kappa shape index (κ2) is 8.54. The Morgan fingerprint density at radius 3 is 2.61 bits per heavy atom. The first kappa shape index (κ1) is 22.0. The fraction of sp³-hybridized carbons (Fsp3) is 0.231. The van der Waals surface area contributed by atoms with Gasteiger partial charge in [-0.2, -0.15) is 0 Å². The lowest BCUT2D eigenvalue weighted by Crippen LogP contribution is -2.29. The van der Waals surface area contributed by atoms with Gasteiger partial charge in [0.05, 0.1) is 23.7 Å². The second-order valence-corrected chi connectivity index (χ2v) is 11.2. The predicted octanol–water partition coefficient (Wildman–Crippen LogP) is 6.39. The molecule has 0 amide bonds. The van der Waals surface area contributed by atoms with Crippen LogP contribution in [0, 0.1) is 12.8 Å². The third-order valence-electron chi connectivity index (χ3n) is 6.47. The van der Waals surface area contributed by atoms with Gasteiger partial charge in [-0.15, -0.1) is 0 Å². The van der Waals surface area contributed by atoms with Crippen LogP contribution in [0.1, 0.15) is 35.1 Å². The quantitative estimate of drug-likeness (QED) is 0.379. The molecule has 0 bridgehead atoms. The third kappa shape index (κ3) is 4.15. The zero-order chi connectivity index (χ0) is 23.2. The maximum absolute atomic E-state index is 13.3. The van der Waals surface area contributed by atoms with Gasteiger partial charge in [0.25, 0.3) is 10.0 Å². The third-order valence-corrected chi connectivity index (χ3v) is 8.36. The minimum absolute atomic E-state index is 0.165. The van der Waals surface area contributed by atoms with Gasteiger partial charge in [0.15, 0.2) is 0 Å². The Morgan fingerprint density at radius 2 is 1.85 bits per heavy atom. The fourth-order valence-electron chi connectivity index (χ4n) is 4.85. The molecule has 170 valence electrons. The second-order valence-electron chi connectivity index (χ2n) is 8.59. The smallest absolute Gasteiger partial charge is 0.262 e. The largest absolute Gasteiger partial charge is 0.495 e. The summed E-state index contributed by atoms with van der Waals surface area (Å²) in [5.41, 5.74) is 4.60. The van der Waals surface area contributed by atoms with Gasteiger partial charge < -0.3 is 10.1 Å². The summed E-state index contributed by atoms with van der Waals surface area (Å²) >= 11 is 3.51. The van der Waals surface area contributed by atoms with Crippen molar-refractivity contribution in [2.24, 2.45) is 5.92 Å². The Labute approximate surface area is 203 Å². The van der Waals surface area contributed by atoms with E-state index in [-0.39, 0.29) is 16.9 Å². The fourth-order valence-corrected chi connectivity index (χ4v) is 6.21. The first-order valence-electron chi connectivity index (χ1n) is 10.9. The van der Waals surface area contributed by atoms with Crippen molar-refractivity contribution in [2.45, 2.75) is 30.2 Å². The lowest BCUT2D eigenvalue weighted by molar-refractivity contribution is 0.417. The Kier molecular flexibility index (Phi) is 5.70. The lowest BCUT2D eigenvalue weighted by atomic mass is 9.77. The molecule has 0 aromatic heterocycles. The van der Waals surface area contributed by atoms with Crippen LogP contribution < -0.4 is 14.8 Å². The summed E-state index contributed by atoms with van der Waals surface area (Å²) < 4.78 is 35.6. The Hall–Kier alpha value is -2.77. The van der Waals surface area contributed by atoms with Gasteiger partial charge in [-0.3, -0.25) is 4.72 Å². The van der Waals surface area contributed by atoms with E-state index < -0.39 is 10.0 Å². The molecule has 0 unspecified atom stereocenters. The van der Waals surface area contributed by atoms with E-state index >= 15 is 0 Å². The summed E-state index contributed by atoms with van der Waals surface area (Å²) in [5.74, 6) is 0.986. The number of methoxy groups -OCH3 is 1. The molecule has 0 fully saturated rings. The van der Waals surface area contributed by atoms with Crippen LogP contribution in [0.4, 0.5) is 11.4 Å². The average molecular weight is 525 g/mol. The first-order valence-corrected chi connectivity index (χ1v) is 13.1. The number of rotatable bonds is 5. The molecule has 0 saturated carbocycles. The van der Waals surface area contributed by atoms with E-state index in [9.17, 15) is 8.42 Å². The van der Waals surface area contributed by atoms with E-state index in [0.717, 1.165) is 27.7 Å². The number of anilines is 2. The average Bonchev–Trinajstić information content (AvgIpc) is 3.29. The molecular weight excluding hydrogens is 500 g/mol. The minimum Gasteiger partial charge on any atom is -0.495 e. The molecule has 3 atom stereocenters. The van der Waals surface area contributed by atoms with Crippen molar-refractivity contribution < 1.29 is 13.2 Å². The highest BCUT2D eigenvalue weighted by Gasteiger charge is 2.38. The van der Waals surface area contributed by atoms with Crippen LogP contribution in [-0.2, 0) is 10.0 Å². The van der Waals surface area contributed by atoms with Gasteiger partial charge in [-0.1, -0.05) is 46.3 Å². The Bertz CT molecular complexity index is 1340. The predicted molar refractivity (Wildman–Crippen MR) is 135 cm³/mol. The van der Waals surface area contributed by atoms with Crippen molar-refractivity contribution in [3.8, 4) is 5.75 Å². The zero-order valence-corrected chi connectivity index (χ0v) is 20.8. The monoisotopic (exact) mass is 524 g/mol. The van der Waals surface area contributed by atoms with Crippen LogP contribution in [-0.4, -0.2) is 15.5 Å². The van der Waals surface area contributed by atoms with Crippen molar-refractivity contribution in [2.75, 3.05) is 17.1 Å². The summed E-state index contributed by atoms with van der Waals surface area (Å²) in [7, 11) is -2.25. The molecule has 3 aromatic carbocycles. The molecule has 5 nitrogen and oxygen atoms in total. The van der Waals surface area contributed by atoms with Gasteiger partial charge in [-0.05, 0) is 78.4 Å². The molecule has 2 N–H and O–H groups in total. The summed E-state index contributed by atoms with van der Waals surface area (Å²) in [6.45, 7) is 1.91. The molecule has 1 aliphatic carbocycles. The van der Waals surface area contributed by atoms with Crippen LogP contribution in [0.25, 0.3) is 0 Å². The summed E-state index contributed by atoms with van der Waals surface area (Å²) in [6.07, 6.45) is 5.37. The molecular formula is C26H25BrN2O3S. The van der Waals surface area contributed by atoms with Gasteiger partial charge >= 0.3 is 0 Å². The highest BCUT2D eigenvalue weighted by atomic mass is 79.9. The zero-order valence-electron chi connectivity index (χ0n) is 18.4. The SMILES string of the molecule is COc1ccc(C)cc1NS(=O)(=O)c1ccc2c(c1)[C@H]1C=CC[C@H]1[C@@H](c1ccc(Br)cc1)N2. The van der Waals surface area contributed by atoms with Crippen LogP contribution >= 0.6 is 15.9 Å². The number of fused-ring (bicyclic) bond motifs is 3. The number of halogens is 1. The van der Waals surface area contributed by atoms with Crippen LogP contribution in [0.2, 0.25) is 0 Å². The lowest BCUT2D eigenvalue weighted by Gasteiger charge is -2.37. The maximum atomic E-state index is 13.3. The molecule has 1 heterocycles. The number of ether oxygens (including phenoxy) is 1. The molecule has 0 radical (unpaired) electrons. The maximum Gasteiger partial charge on any atom is 0.262 e. The van der Waals surface area contributed by atoms with Gasteiger partial charge in [0.1, 0.15) is 5.75 Å². The Morgan fingerprint density at radius 1 is 1.06 bits per heavy atom. The van der Waals surface area contributed by atoms with Gasteiger partial charge in [-0.25, -0.2) is 8.42 Å². The van der Waals surface area contributed by atoms with E-state index in [0.29, 0.717) is 17.4 Å². The van der Waals surface area contributed by atoms with Gasteiger partial charge in [0, 0.05) is 16.1 Å². The van der Waals surface area contributed by atoms with Crippen molar-refractivity contribution in [1.82, 2.24) is 0 Å². The van der Waals surface area contributed by atoms with Crippen LogP contribution in [0.5, 0.6) is 5.75 Å². The summed E-state index contributed by atoms with van der Waals surface area (Å²) in [4.78, 5) is 0.243. The molecule has 0 spiro atoms. The topological polar surface area (TPSA) is 67.4 Å². The number of hydrogen-bond donors (Lipinski definition) is 2. The molecule has 0 saturated heterocycles. The molecule has 33 heavy (non-hydrogen) atoms. The number of aryl methyl sites for hydroxylation is 1. The number of allylic oxidation sites excluding steroid dienone is 2. The normalized spacial score (nSPS) is 21.1. The first-order chi connectivity index (χ1) is 15.9. The van der Waals surface area contributed by atoms with E-state index in [1.165, 1.54) is 12.7 Å². The number of hydrogen-bond acceptors (Lipinski definition) is 4. The minimum atomic E-state index is -3.78. The van der Waals surface area contributed by atoms with E-state index in [2.05, 4.69) is 62.4 Å².